The summed E-state index contributed by atoms with van der Waals surface area (Å²) in [7, 11) is 0. The van der Waals surface area contributed by atoms with Crippen LogP contribution in [0.5, 0.6) is 0 Å². The summed E-state index contributed by atoms with van der Waals surface area (Å²) in [6, 6.07) is 36.7. The normalized spacial score (nSPS) is 17.0. The van der Waals surface area contributed by atoms with Crippen LogP contribution < -0.4 is 10.6 Å². The van der Waals surface area contributed by atoms with Crippen LogP contribution in [-0.2, 0) is 6.54 Å². The summed E-state index contributed by atoms with van der Waals surface area (Å²) in [6.45, 7) is 9.79. The van der Waals surface area contributed by atoms with E-state index in [0.717, 1.165) is 97.1 Å². The minimum absolute atomic E-state index is 0.304. The predicted octanol–water partition coefficient (Wildman–Crippen LogP) is 13.4. The van der Waals surface area contributed by atoms with Crippen LogP contribution in [0.2, 0.25) is 0 Å². The Hall–Kier alpha value is -6.85. The number of nitrogens with two attached hydrogens (primary N) is 1. The van der Waals surface area contributed by atoms with Gasteiger partial charge in [0.25, 0.3) is 0 Å². The smallest absolute Gasteiger partial charge is 0.0715 e. The number of hydrogen-bond acceptors (Lipinski definition) is 5. The first-order valence-electron chi connectivity index (χ1n) is 21.7. The first kappa shape index (κ1) is 40.9. The Morgan fingerprint density at radius 3 is 2.34 bits per heavy atom. The Balaban J connectivity index is 0.000000171. The third-order valence-electron chi connectivity index (χ3n) is 12.2. The van der Waals surface area contributed by atoms with Gasteiger partial charge in [-0.05, 0) is 115 Å². The molecule has 4 aliphatic heterocycles. The minimum atomic E-state index is 0.304. The number of aromatic nitrogens is 1. The van der Waals surface area contributed by atoms with E-state index >= 15 is 0 Å². The molecule has 3 N–H and O–H groups in total. The summed E-state index contributed by atoms with van der Waals surface area (Å²) >= 11 is 0. The molecule has 1 aliphatic carbocycles. The highest BCUT2D eigenvalue weighted by molar-refractivity contribution is 6.10. The molecule has 10 rings (SSSR count). The van der Waals surface area contributed by atoms with Crippen LogP contribution in [0, 0.1) is 5.41 Å². The van der Waals surface area contributed by atoms with Gasteiger partial charge in [-0.15, -0.1) is 0 Å². The standard InChI is InChI=1S/C31H24N2.C25H31N3/c1-2-8-22(9-3-1)23-14-16-24(17-15-23)29-18-31-28-13-7-5-11-26(28)20-32-19-25-10-4-6-12-27(25)30(29)21-33-31;1-3-20(18-26)9-5-4-8-19(2)24-15-13-21-12-14-23(27)22-10-6-7-11-25(22)28(24)17-16-21/h2,4-18,20-21H,1,3,19H2;3,6-7,10-12,14,16,18,24,27H,1-2,4-5,8-9,13,15,17,26H2/b;14-12-,20-18+,27-23?. The fourth-order valence-corrected chi connectivity index (χ4v) is 8.81. The van der Waals surface area contributed by atoms with Crippen LogP contribution in [-0.4, -0.2) is 29.5 Å². The third kappa shape index (κ3) is 9.47. The Morgan fingerprint density at radius 1 is 0.787 bits per heavy atom. The molecule has 1 unspecified atom stereocenters. The van der Waals surface area contributed by atoms with Gasteiger partial charge in [0.1, 0.15) is 0 Å². The fraction of sp³-hybridized carbons (Fsp3) is 0.196. The summed E-state index contributed by atoms with van der Waals surface area (Å²) in [5.41, 5.74) is 23.7. The Bertz CT molecular complexity index is 2610. The number of rotatable bonds is 9. The number of unbranched alkanes of at least 4 members (excludes halogenated alkanes) is 1. The van der Waals surface area contributed by atoms with Gasteiger partial charge in [0, 0.05) is 46.9 Å². The van der Waals surface area contributed by atoms with Crippen molar-refractivity contribution in [3.05, 3.63) is 210 Å². The molecule has 1 atom stereocenters. The molecule has 1 aromatic heterocycles. The van der Waals surface area contributed by atoms with Gasteiger partial charge >= 0.3 is 0 Å². The molecular weight excluding hydrogens is 743 g/mol. The molecule has 5 aromatic rings. The van der Waals surface area contributed by atoms with E-state index in [9.17, 15) is 0 Å². The SMILES string of the molecule is C1=CC(c2ccc(-c3cc4ncc3-c3ccccc3CN=Cc3ccccc3-4)cc2)=CCC1.C=C/C(=C\N)CCCCC(=C)C1CCC2=CCN1c1ccccc1C(=N)/C=C\2. The quantitative estimate of drug-likeness (QED) is 0.0886. The number of benzene rings is 4. The molecule has 304 valence electrons. The molecule has 0 amide bonds. The van der Waals surface area contributed by atoms with Crippen LogP contribution >= 0.6 is 0 Å². The average Bonchev–Trinajstić information content (AvgIpc) is 3.53. The van der Waals surface area contributed by atoms with Gasteiger partial charge < -0.3 is 16.0 Å². The van der Waals surface area contributed by atoms with Crippen LogP contribution in [0.3, 0.4) is 0 Å². The number of allylic oxidation sites excluding steroid dienone is 9. The number of nitrogens with zero attached hydrogens (tertiary/aromatic N) is 3. The molecule has 0 fully saturated rings. The number of fused-ring (bicyclic) bond motifs is 7. The summed E-state index contributed by atoms with van der Waals surface area (Å²) in [5.74, 6) is 0. The maximum absolute atomic E-state index is 8.48. The highest BCUT2D eigenvalue weighted by atomic mass is 15.2. The maximum atomic E-state index is 8.48. The zero-order chi connectivity index (χ0) is 42.0. The average molecular weight is 798 g/mol. The molecule has 5 aliphatic rings. The Kier molecular flexibility index (Phi) is 13.1. The van der Waals surface area contributed by atoms with Crippen LogP contribution in [0.4, 0.5) is 5.69 Å². The second kappa shape index (κ2) is 19.5. The lowest BCUT2D eigenvalue weighted by Gasteiger charge is -2.35. The van der Waals surface area contributed by atoms with E-state index < -0.39 is 0 Å². The first-order chi connectivity index (χ1) is 30.0. The van der Waals surface area contributed by atoms with Crippen LogP contribution in [0.25, 0.3) is 39.1 Å². The number of para-hydroxylation sites is 1. The summed E-state index contributed by atoms with van der Waals surface area (Å²) in [6.07, 6.45) is 29.2. The zero-order valence-corrected chi connectivity index (χ0v) is 35.1. The van der Waals surface area contributed by atoms with Crippen molar-refractivity contribution in [2.45, 2.75) is 64.0 Å². The molecule has 0 radical (unpaired) electrons. The first-order valence-corrected chi connectivity index (χ1v) is 21.7. The zero-order valence-electron chi connectivity index (χ0n) is 35.1. The molecule has 0 spiro atoms. The fourth-order valence-electron chi connectivity index (χ4n) is 8.81. The lowest BCUT2D eigenvalue weighted by molar-refractivity contribution is 0.606. The van der Waals surface area contributed by atoms with Crippen molar-refractivity contribution in [1.82, 2.24) is 4.98 Å². The summed E-state index contributed by atoms with van der Waals surface area (Å²) < 4.78 is 0. The van der Waals surface area contributed by atoms with Crippen molar-refractivity contribution in [1.29, 1.82) is 5.41 Å². The molecule has 5 heterocycles. The summed E-state index contributed by atoms with van der Waals surface area (Å²) in [4.78, 5) is 12.1. The van der Waals surface area contributed by atoms with Gasteiger partial charge in [-0.3, -0.25) is 9.98 Å². The van der Waals surface area contributed by atoms with E-state index in [1.54, 1.807) is 6.20 Å². The van der Waals surface area contributed by atoms with E-state index in [2.05, 4.69) is 145 Å². The Labute approximate surface area is 362 Å². The molecule has 4 aromatic carbocycles. The van der Waals surface area contributed by atoms with E-state index in [4.69, 9.17) is 21.1 Å². The van der Waals surface area contributed by atoms with Crippen molar-refractivity contribution in [3.8, 4) is 33.5 Å². The van der Waals surface area contributed by atoms with E-state index in [-0.39, 0.29) is 0 Å². The van der Waals surface area contributed by atoms with Crippen molar-refractivity contribution in [2.75, 3.05) is 11.4 Å². The van der Waals surface area contributed by atoms with Crippen molar-refractivity contribution >= 4 is 23.2 Å². The molecule has 5 heteroatoms. The van der Waals surface area contributed by atoms with Crippen LogP contribution in [0.1, 0.15) is 73.6 Å². The predicted molar refractivity (Wildman–Crippen MR) is 259 cm³/mol. The molecule has 61 heavy (non-hydrogen) atoms. The van der Waals surface area contributed by atoms with Crippen LogP contribution in [0.15, 0.2) is 193 Å². The number of anilines is 1. The molecule has 5 nitrogen and oxygen atoms in total. The largest absolute Gasteiger partial charge is 0.404 e. The maximum Gasteiger partial charge on any atom is 0.0715 e. The lowest BCUT2D eigenvalue weighted by Crippen LogP contribution is -2.37. The van der Waals surface area contributed by atoms with Gasteiger partial charge in [0.2, 0.25) is 0 Å². The lowest BCUT2D eigenvalue weighted by atomic mass is 9.90. The second-order valence-electron chi connectivity index (χ2n) is 16.1. The van der Waals surface area contributed by atoms with Gasteiger partial charge in [-0.2, -0.15) is 0 Å². The highest BCUT2D eigenvalue weighted by Gasteiger charge is 2.26. The number of pyridine rings is 1. The molecule has 4 bridgehead atoms. The van der Waals surface area contributed by atoms with Crippen molar-refractivity contribution < 1.29 is 0 Å². The van der Waals surface area contributed by atoms with E-state index in [1.807, 2.05) is 30.6 Å². The monoisotopic (exact) mass is 797 g/mol. The van der Waals surface area contributed by atoms with Gasteiger partial charge in [0.15, 0.2) is 0 Å². The van der Waals surface area contributed by atoms with Crippen molar-refractivity contribution in [2.24, 2.45) is 10.7 Å². The van der Waals surface area contributed by atoms with Gasteiger partial charge in [0.05, 0.1) is 24.0 Å². The van der Waals surface area contributed by atoms with E-state index in [1.165, 1.54) is 44.5 Å². The highest BCUT2D eigenvalue weighted by Crippen LogP contribution is 2.38. The van der Waals surface area contributed by atoms with Gasteiger partial charge in [-0.1, -0.05) is 152 Å². The Morgan fingerprint density at radius 2 is 1.54 bits per heavy atom. The summed E-state index contributed by atoms with van der Waals surface area (Å²) in [5, 5.41) is 8.48. The van der Waals surface area contributed by atoms with E-state index in [0.29, 0.717) is 18.3 Å². The third-order valence-corrected chi connectivity index (χ3v) is 12.2. The van der Waals surface area contributed by atoms with Crippen molar-refractivity contribution in [3.63, 3.8) is 0 Å². The molecule has 0 saturated carbocycles. The molecule has 0 saturated heterocycles. The van der Waals surface area contributed by atoms with Gasteiger partial charge in [-0.25, -0.2) is 0 Å². The number of nitrogens with one attached hydrogen (secondary N) is 1. The number of aliphatic imine (C=N–C) groups is 1. The topological polar surface area (TPSA) is 78.4 Å². The number of hydrogen-bond donors (Lipinski definition) is 2. The molecular formula is C56H55N5. The second-order valence-corrected chi connectivity index (χ2v) is 16.1. The minimum Gasteiger partial charge on any atom is -0.404 e.